The highest BCUT2D eigenvalue weighted by Gasteiger charge is 2.17. The molecule has 1 aromatic heterocycles. The molecule has 0 atom stereocenters. The molecule has 0 saturated heterocycles. The van der Waals surface area contributed by atoms with Gasteiger partial charge in [-0.05, 0) is 30.3 Å². The lowest BCUT2D eigenvalue weighted by molar-refractivity contribution is -0.384. The number of hydrogen-bond acceptors (Lipinski definition) is 4. The van der Waals surface area contributed by atoms with E-state index in [1.807, 2.05) is 0 Å². The molecule has 2 aromatic carbocycles. The molecule has 0 aliphatic carbocycles. The molecule has 126 valence electrons. The zero-order valence-corrected chi connectivity index (χ0v) is 13.3. The van der Waals surface area contributed by atoms with E-state index >= 15 is 0 Å². The first-order valence-electron chi connectivity index (χ1n) is 7.06. The first-order valence-corrected chi connectivity index (χ1v) is 7.43. The second kappa shape index (κ2) is 6.74. The van der Waals surface area contributed by atoms with Crippen LogP contribution in [0.4, 0.5) is 15.8 Å². The van der Waals surface area contributed by atoms with Crippen LogP contribution in [0.15, 0.2) is 59.0 Å². The number of carbonyl (C=O) groups excluding carboxylic acids is 1. The summed E-state index contributed by atoms with van der Waals surface area (Å²) in [6.45, 7) is 0. The fourth-order valence-electron chi connectivity index (χ4n) is 2.17. The number of halogens is 2. The first-order chi connectivity index (χ1) is 12.0. The van der Waals surface area contributed by atoms with E-state index in [2.05, 4.69) is 5.32 Å². The molecule has 1 amide bonds. The van der Waals surface area contributed by atoms with Crippen molar-refractivity contribution < 1.29 is 18.5 Å². The number of rotatable bonds is 4. The third kappa shape index (κ3) is 3.51. The molecule has 8 heteroatoms. The number of carbonyl (C=O) groups is 1. The van der Waals surface area contributed by atoms with Crippen LogP contribution < -0.4 is 5.32 Å². The second-order valence-corrected chi connectivity index (χ2v) is 5.43. The number of nitro benzene ring substituents is 1. The molecule has 0 spiro atoms. The Morgan fingerprint density at radius 2 is 1.92 bits per heavy atom. The smallest absolute Gasteiger partial charge is 0.291 e. The second-order valence-electron chi connectivity index (χ2n) is 5.02. The number of furan rings is 1. The molecule has 0 saturated carbocycles. The zero-order chi connectivity index (χ0) is 18.0. The van der Waals surface area contributed by atoms with Crippen molar-refractivity contribution in [2.45, 2.75) is 0 Å². The molecule has 1 heterocycles. The van der Waals surface area contributed by atoms with Crippen LogP contribution in [-0.4, -0.2) is 10.8 Å². The van der Waals surface area contributed by atoms with Gasteiger partial charge in [0.2, 0.25) is 0 Å². The Balaban J connectivity index is 1.84. The van der Waals surface area contributed by atoms with Crippen molar-refractivity contribution in [1.82, 2.24) is 0 Å². The van der Waals surface area contributed by atoms with Crippen molar-refractivity contribution in [2.75, 3.05) is 5.32 Å². The van der Waals surface area contributed by atoms with E-state index in [0.29, 0.717) is 5.56 Å². The van der Waals surface area contributed by atoms with Gasteiger partial charge in [0.15, 0.2) is 5.76 Å². The normalized spacial score (nSPS) is 10.5. The monoisotopic (exact) mass is 360 g/mol. The lowest BCUT2D eigenvalue weighted by atomic mass is 10.1. The summed E-state index contributed by atoms with van der Waals surface area (Å²) in [5, 5.41) is 13.3. The number of nitrogens with zero attached hydrogens (tertiary/aromatic N) is 1. The van der Waals surface area contributed by atoms with Gasteiger partial charge in [-0.1, -0.05) is 23.7 Å². The summed E-state index contributed by atoms with van der Waals surface area (Å²) in [5.41, 5.74) is 0.272. The number of anilines is 1. The van der Waals surface area contributed by atoms with Crippen LogP contribution in [0.5, 0.6) is 0 Å². The van der Waals surface area contributed by atoms with E-state index < -0.39 is 16.6 Å². The summed E-state index contributed by atoms with van der Waals surface area (Å²) in [5.74, 6) is -0.985. The molecular formula is C17H10ClFN2O4. The number of amides is 1. The van der Waals surface area contributed by atoms with E-state index in [1.165, 1.54) is 48.5 Å². The number of nitro groups is 1. The fraction of sp³-hybridized carbons (Fsp3) is 0. The van der Waals surface area contributed by atoms with Crippen LogP contribution in [-0.2, 0) is 0 Å². The third-order valence-corrected chi connectivity index (χ3v) is 3.69. The van der Waals surface area contributed by atoms with E-state index in [0.717, 1.165) is 0 Å². The van der Waals surface area contributed by atoms with Crippen molar-refractivity contribution in [3.63, 3.8) is 0 Å². The summed E-state index contributed by atoms with van der Waals surface area (Å²) in [7, 11) is 0. The summed E-state index contributed by atoms with van der Waals surface area (Å²) >= 11 is 6.03. The van der Waals surface area contributed by atoms with Gasteiger partial charge in [0.05, 0.1) is 15.6 Å². The highest BCUT2D eigenvalue weighted by molar-refractivity contribution is 6.33. The van der Waals surface area contributed by atoms with Gasteiger partial charge in [-0.25, -0.2) is 4.39 Å². The maximum atomic E-state index is 13.6. The van der Waals surface area contributed by atoms with Gasteiger partial charge in [-0.3, -0.25) is 14.9 Å². The average Bonchev–Trinajstić information content (AvgIpc) is 3.06. The number of hydrogen-bond donors (Lipinski definition) is 1. The molecule has 3 rings (SSSR count). The molecule has 0 aliphatic heterocycles. The Kier molecular flexibility index (Phi) is 4.49. The Morgan fingerprint density at radius 1 is 1.16 bits per heavy atom. The minimum atomic E-state index is -0.630. The van der Waals surface area contributed by atoms with Gasteiger partial charge in [-0.15, -0.1) is 0 Å². The Bertz CT molecular complexity index is 971. The molecule has 0 aliphatic rings. The summed E-state index contributed by atoms with van der Waals surface area (Å²) in [4.78, 5) is 22.3. The Labute approximate surface area is 146 Å². The van der Waals surface area contributed by atoms with Gasteiger partial charge in [0.25, 0.3) is 11.6 Å². The predicted molar refractivity (Wildman–Crippen MR) is 90.2 cm³/mol. The predicted octanol–water partition coefficient (Wildman–Crippen LogP) is 4.90. The molecular weight excluding hydrogens is 351 g/mol. The molecule has 0 unspecified atom stereocenters. The zero-order valence-electron chi connectivity index (χ0n) is 12.5. The van der Waals surface area contributed by atoms with Gasteiger partial charge >= 0.3 is 0 Å². The first kappa shape index (κ1) is 16.7. The fourth-order valence-corrected chi connectivity index (χ4v) is 2.44. The van der Waals surface area contributed by atoms with Crippen molar-refractivity contribution in [3.8, 4) is 11.3 Å². The van der Waals surface area contributed by atoms with Crippen molar-refractivity contribution in [2.24, 2.45) is 0 Å². The van der Waals surface area contributed by atoms with Crippen molar-refractivity contribution in [1.29, 1.82) is 0 Å². The standard InChI is InChI=1S/C17H10ClFN2O4/c18-12-9-10(21(23)24)5-6-11(12)15-7-8-16(25-15)17(22)20-14-4-2-1-3-13(14)19/h1-9H,(H,20,22). The third-order valence-electron chi connectivity index (χ3n) is 3.38. The van der Waals surface area contributed by atoms with Crippen LogP contribution in [0.25, 0.3) is 11.3 Å². The van der Waals surface area contributed by atoms with Crippen LogP contribution in [0.3, 0.4) is 0 Å². The van der Waals surface area contributed by atoms with Gasteiger partial charge < -0.3 is 9.73 Å². The lowest BCUT2D eigenvalue weighted by Gasteiger charge is -2.04. The van der Waals surface area contributed by atoms with Crippen molar-refractivity contribution >= 4 is 28.9 Å². The number of nitrogens with one attached hydrogen (secondary N) is 1. The minimum absolute atomic E-state index is 0.0267. The van der Waals surface area contributed by atoms with Gasteiger partial charge in [-0.2, -0.15) is 0 Å². The minimum Gasteiger partial charge on any atom is -0.451 e. The van der Waals surface area contributed by atoms with Gasteiger partial charge in [0, 0.05) is 17.7 Å². The summed E-state index contributed by atoms with van der Waals surface area (Å²) in [6.07, 6.45) is 0. The maximum absolute atomic E-state index is 13.6. The van der Waals surface area contributed by atoms with E-state index in [4.69, 9.17) is 16.0 Å². The number of benzene rings is 2. The van der Waals surface area contributed by atoms with Gasteiger partial charge in [0.1, 0.15) is 11.6 Å². The lowest BCUT2D eigenvalue weighted by Crippen LogP contribution is -2.11. The molecule has 3 aromatic rings. The van der Waals surface area contributed by atoms with Crippen molar-refractivity contribution in [3.05, 3.63) is 81.3 Å². The molecule has 0 radical (unpaired) electrons. The summed E-state index contributed by atoms with van der Waals surface area (Å²) in [6, 6.07) is 12.5. The van der Waals surface area contributed by atoms with E-state index in [9.17, 15) is 19.3 Å². The Morgan fingerprint density at radius 3 is 2.60 bits per heavy atom. The van der Waals surface area contributed by atoms with Crippen LogP contribution in [0.2, 0.25) is 5.02 Å². The quantitative estimate of drug-likeness (QED) is 0.529. The maximum Gasteiger partial charge on any atom is 0.291 e. The van der Waals surface area contributed by atoms with Crippen LogP contribution in [0.1, 0.15) is 10.6 Å². The largest absolute Gasteiger partial charge is 0.451 e. The highest BCUT2D eigenvalue weighted by atomic mass is 35.5. The molecule has 25 heavy (non-hydrogen) atoms. The molecule has 1 N–H and O–H groups in total. The van der Waals surface area contributed by atoms with Crippen LogP contribution in [0, 0.1) is 15.9 Å². The highest BCUT2D eigenvalue weighted by Crippen LogP contribution is 2.32. The van der Waals surface area contributed by atoms with E-state index in [1.54, 1.807) is 6.07 Å². The van der Waals surface area contributed by atoms with E-state index in [-0.39, 0.29) is 27.9 Å². The molecule has 0 bridgehead atoms. The topological polar surface area (TPSA) is 85.4 Å². The number of para-hydroxylation sites is 1. The Hall–Kier alpha value is -3.19. The molecule has 0 fully saturated rings. The average molecular weight is 361 g/mol. The summed E-state index contributed by atoms with van der Waals surface area (Å²) < 4.78 is 19.0. The molecule has 6 nitrogen and oxygen atoms in total. The SMILES string of the molecule is O=C(Nc1ccccc1F)c1ccc(-c2ccc([N+](=O)[O-])cc2Cl)o1. The number of non-ortho nitro benzene ring substituents is 1. The van der Waals surface area contributed by atoms with Crippen LogP contribution >= 0.6 is 11.6 Å².